The monoisotopic (exact) mass is 317 g/mol. The highest BCUT2D eigenvalue weighted by atomic mass is 32.2. The van der Waals surface area contributed by atoms with Crippen molar-refractivity contribution in [1.82, 2.24) is 0 Å². The summed E-state index contributed by atoms with van der Waals surface area (Å²) < 4.78 is -0.00179. The SMILES string of the molecule is C=CCSC1(CC(=C)C)SC(c2ccccc2)=NC1(C)C. The third-order valence-corrected chi connectivity index (χ3v) is 7.17. The van der Waals surface area contributed by atoms with E-state index >= 15 is 0 Å². The molecule has 0 radical (unpaired) electrons. The third kappa shape index (κ3) is 3.46. The van der Waals surface area contributed by atoms with Gasteiger partial charge >= 0.3 is 0 Å². The number of thioether (sulfide) groups is 2. The molecule has 112 valence electrons. The first kappa shape index (κ1) is 16.4. The molecule has 1 heterocycles. The normalized spacial score (nSPS) is 23.7. The maximum atomic E-state index is 5.03. The van der Waals surface area contributed by atoms with Crippen LogP contribution in [0.4, 0.5) is 0 Å². The van der Waals surface area contributed by atoms with E-state index in [0.717, 1.165) is 17.2 Å². The Kier molecular flexibility index (Phi) is 5.05. The molecule has 0 aromatic heterocycles. The molecule has 1 aromatic carbocycles. The van der Waals surface area contributed by atoms with E-state index in [9.17, 15) is 0 Å². The highest BCUT2D eigenvalue weighted by molar-refractivity contribution is 8.26. The fraction of sp³-hybridized carbons (Fsp3) is 0.389. The lowest BCUT2D eigenvalue weighted by Gasteiger charge is -2.38. The number of rotatable bonds is 6. The van der Waals surface area contributed by atoms with Crippen LogP contribution in [-0.4, -0.2) is 20.4 Å². The minimum Gasteiger partial charge on any atom is -0.269 e. The summed E-state index contributed by atoms with van der Waals surface area (Å²) in [6, 6.07) is 10.5. The summed E-state index contributed by atoms with van der Waals surface area (Å²) in [5, 5.41) is 1.14. The second-order valence-corrected chi connectivity index (χ2v) is 8.80. The van der Waals surface area contributed by atoms with E-state index in [1.54, 1.807) is 0 Å². The lowest BCUT2D eigenvalue weighted by atomic mass is 9.95. The maximum absolute atomic E-state index is 5.03. The van der Waals surface area contributed by atoms with Gasteiger partial charge in [0.15, 0.2) is 0 Å². The lowest BCUT2D eigenvalue weighted by Crippen LogP contribution is -2.40. The number of nitrogens with zero attached hydrogens (tertiary/aromatic N) is 1. The van der Waals surface area contributed by atoms with Crippen LogP contribution in [0.3, 0.4) is 0 Å². The molecule has 0 saturated heterocycles. The quantitative estimate of drug-likeness (QED) is 0.639. The first-order valence-corrected chi connectivity index (χ1v) is 8.94. The minimum atomic E-state index is -0.129. The molecule has 1 atom stereocenters. The van der Waals surface area contributed by atoms with Crippen molar-refractivity contribution < 1.29 is 0 Å². The van der Waals surface area contributed by atoms with Gasteiger partial charge in [-0.25, -0.2) is 0 Å². The van der Waals surface area contributed by atoms with Gasteiger partial charge in [0.25, 0.3) is 0 Å². The lowest BCUT2D eigenvalue weighted by molar-refractivity contribution is 0.474. The van der Waals surface area contributed by atoms with E-state index in [0.29, 0.717) is 0 Å². The van der Waals surface area contributed by atoms with Gasteiger partial charge < -0.3 is 0 Å². The Labute approximate surface area is 137 Å². The Balaban J connectivity index is 2.36. The Morgan fingerprint density at radius 1 is 1.33 bits per heavy atom. The van der Waals surface area contributed by atoms with Crippen molar-refractivity contribution in [1.29, 1.82) is 0 Å². The molecule has 0 amide bonds. The third-order valence-electron chi connectivity index (χ3n) is 3.56. The van der Waals surface area contributed by atoms with Gasteiger partial charge in [0.1, 0.15) is 0 Å². The van der Waals surface area contributed by atoms with Crippen molar-refractivity contribution in [3.05, 3.63) is 60.7 Å². The summed E-state index contributed by atoms with van der Waals surface area (Å²) in [7, 11) is 0. The van der Waals surface area contributed by atoms with Crippen LogP contribution in [0.1, 0.15) is 32.8 Å². The van der Waals surface area contributed by atoms with Crippen molar-refractivity contribution in [2.45, 2.75) is 36.8 Å². The standard InChI is InChI=1S/C18H23NS2/c1-6-12-20-18(13-14(2)3)17(4,5)19-16(21-18)15-10-8-7-9-11-15/h6-11H,1-2,12-13H2,3-5H3. The van der Waals surface area contributed by atoms with E-state index in [2.05, 4.69) is 58.2 Å². The second kappa shape index (κ2) is 6.45. The van der Waals surface area contributed by atoms with Gasteiger partial charge in [-0.3, -0.25) is 4.99 Å². The molecule has 1 nitrogen and oxygen atoms in total. The fourth-order valence-corrected chi connectivity index (χ4v) is 5.71. The van der Waals surface area contributed by atoms with Crippen LogP contribution in [0.5, 0.6) is 0 Å². The zero-order valence-electron chi connectivity index (χ0n) is 13.1. The molecular weight excluding hydrogens is 294 g/mol. The fourth-order valence-electron chi connectivity index (χ4n) is 2.45. The van der Waals surface area contributed by atoms with Gasteiger partial charge in [-0.1, -0.05) is 53.7 Å². The van der Waals surface area contributed by atoms with Crippen LogP contribution in [-0.2, 0) is 0 Å². The summed E-state index contributed by atoms with van der Waals surface area (Å²) in [4.78, 5) is 5.03. The number of aliphatic imine (C=N–C) groups is 1. The Morgan fingerprint density at radius 3 is 2.57 bits per heavy atom. The van der Waals surface area contributed by atoms with Gasteiger partial charge in [0, 0.05) is 11.3 Å². The number of benzene rings is 1. The van der Waals surface area contributed by atoms with Crippen molar-refractivity contribution in [2.75, 3.05) is 5.75 Å². The minimum absolute atomic E-state index is 0.00179. The van der Waals surface area contributed by atoms with Crippen LogP contribution in [0, 0.1) is 0 Å². The molecule has 0 aliphatic carbocycles. The molecule has 3 heteroatoms. The molecule has 2 rings (SSSR count). The number of allylic oxidation sites excluding steroid dienone is 1. The molecule has 1 aromatic rings. The summed E-state index contributed by atoms with van der Waals surface area (Å²) in [5.41, 5.74) is 2.28. The number of hydrogen-bond donors (Lipinski definition) is 0. The van der Waals surface area contributed by atoms with E-state index < -0.39 is 0 Å². The van der Waals surface area contributed by atoms with E-state index in [4.69, 9.17) is 4.99 Å². The van der Waals surface area contributed by atoms with Crippen molar-refractivity contribution in [2.24, 2.45) is 4.99 Å². The Morgan fingerprint density at radius 2 is 2.00 bits per heavy atom. The van der Waals surface area contributed by atoms with Gasteiger partial charge in [0.2, 0.25) is 0 Å². The highest BCUT2D eigenvalue weighted by Gasteiger charge is 2.51. The highest BCUT2D eigenvalue weighted by Crippen LogP contribution is 2.56. The van der Waals surface area contributed by atoms with E-state index in [1.807, 2.05) is 35.7 Å². The summed E-state index contributed by atoms with van der Waals surface area (Å²) in [5.74, 6) is 0.932. The largest absolute Gasteiger partial charge is 0.269 e. The zero-order chi connectivity index (χ0) is 15.5. The van der Waals surface area contributed by atoms with Gasteiger partial charge in [-0.05, 0) is 27.2 Å². The number of hydrogen-bond acceptors (Lipinski definition) is 3. The molecule has 1 unspecified atom stereocenters. The smallest absolute Gasteiger partial charge is 0.0999 e. The maximum Gasteiger partial charge on any atom is 0.0999 e. The first-order valence-electron chi connectivity index (χ1n) is 7.14. The van der Waals surface area contributed by atoms with Crippen molar-refractivity contribution in [3.63, 3.8) is 0 Å². The molecule has 0 saturated carbocycles. The van der Waals surface area contributed by atoms with E-state index in [1.165, 1.54) is 11.1 Å². The first-order chi connectivity index (χ1) is 9.90. The predicted molar refractivity (Wildman–Crippen MR) is 99.5 cm³/mol. The van der Waals surface area contributed by atoms with Crippen molar-refractivity contribution in [3.8, 4) is 0 Å². The molecule has 0 spiro atoms. The van der Waals surface area contributed by atoms with Crippen LogP contribution in [0.15, 0.2) is 60.1 Å². The van der Waals surface area contributed by atoms with E-state index in [-0.39, 0.29) is 9.62 Å². The van der Waals surface area contributed by atoms with Crippen LogP contribution >= 0.6 is 23.5 Å². The van der Waals surface area contributed by atoms with Crippen LogP contribution in [0.25, 0.3) is 0 Å². The van der Waals surface area contributed by atoms with Crippen LogP contribution in [0.2, 0.25) is 0 Å². The molecule has 1 aliphatic rings. The van der Waals surface area contributed by atoms with Gasteiger partial charge in [-0.15, -0.1) is 24.9 Å². The molecule has 21 heavy (non-hydrogen) atoms. The zero-order valence-corrected chi connectivity index (χ0v) is 14.7. The Hall–Kier alpha value is -0.930. The molecular formula is C18H23NS2. The molecule has 0 N–H and O–H groups in total. The molecule has 0 fully saturated rings. The van der Waals surface area contributed by atoms with Crippen molar-refractivity contribution >= 4 is 28.6 Å². The van der Waals surface area contributed by atoms with Crippen LogP contribution < -0.4 is 0 Å². The topological polar surface area (TPSA) is 12.4 Å². The van der Waals surface area contributed by atoms with Gasteiger partial charge in [0.05, 0.1) is 14.7 Å². The average Bonchev–Trinajstić information content (AvgIpc) is 2.69. The molecule has 0 bridgehead atoms. The molecule has 1 aliphatic heterocycles. The Bertz CT molecular complexity index is 560. The van der Waals surface area contributed by atoms with Gasteiger partial charge in [-0.2, -0.15) is 0 Å². The summed E-state index contributed by atoms with van der Waals surface area (Å²) in [6.45, 7) is 14.6. The average molecular weight is 318 g/mol. The predicted octanol–water partition coefficient (Wildman–Crippen LogP) is 5.54. The summed E-state index contributed by atoms with van der Waals surface area (Å²) in [6.07, 6.45) is 2.94. The summed E-state index contributed by atoms with van der Waals surface area (Å²) >= 11 is 3.83. The second-order valence-electron chi connectivity index (χ2n) is 5.93.